The van der Waals surface area contributed by atoms with Crippen LogP contribution < -0.4 is 20.5 Å². The summed E-state index contributed by atoms with van der Waals surface area (Å²) in [5.41, 5.74) is 5.22. The highest BCUT2D eigenvalue weighted by Gasteiger charge is 2.44. The van der Waals surface area contributed by atoms with E-state index in [2.05, 4.69) is 33.8 Å². The number of benzene rings is 1. The number of hydrogen-bond acceptors (Lipinski definition) is 7. The van der Waals surface area contributed by atoms with Gasteiger partial charge in [-0.25, -0.2) is 9.19 Å². The lowest BCUT2D eigenvalue weighted by molar-refractivity contribution is -0.139. The van der Waals surface area contributed by atoms with E-state index in [9.17, 15) is 18.6 Å². The van der Waals surface area contributed by atoms with Crippen LogP contribution in [0.3, 0.4) is 0 Å². The fourth-order valence-electron chi connectivity index (χ4n) is 5.21. The Balaban J connectivity index is 1.46. The van der Waals surface area contributed by atoms with Gasteiger partial charge in [0.2, 0.25) is 17.7 Å². The number of nitrogens with zero attached hydrogens (tertiary/aromatic N) is 2. The number of carbonyl (C=O) groups is 3. The first-order chi connectivity index (χ1) is 20.6. The van der Waals surface area contributed by atoms with Gasteiger partial charge in [0.05, 0.1) is 11.8 Å². The van der Waals surface area contributed by atoms with E-state index >= 15 is 0 Å². The van der Waals surface area contributed by atoms with Crippen LogP contribution in [0.25, 0.3) is 16.8 Å². The number of likely N-dealkylation sites (tertiary alicyclic amines) is 1. The maximum atomic E-state index is 13.5. The molecule has 4 atom stereocenters. The predicted molar refractivity (Wildman–Crippen MR) is 169 cm³/mol. The Morgan fingerprint density at radius 3 is 2.72 bits per heavy atom. The van der Waals surface area contributed by atoms with Crippen LogP contribution >= 0.6 is 0 Å². The quantitative estimate of drug-likeness (QED) is 0.207. The molecule has 10 nitrogen and oxygen atoms in total. The Kier molecular flexibility index (Phi) is 11.1. The van der Waals surface area contributed by atoms with E-state index in [0.29, 0.717) is 5.88 Å². The average Bonchev–Trinajstić information content (AvgIpc) is 3.74. The van der Waals surface area contributed by atoms with Crippen molar-refractivity contribution >= 4 is 45.6 Å². The number of carbonyl (C=O) groups excluding carboxylic acids is 3. The van der Waals surface area contributed by atoms with Crippen LogP contribution in [0.2, 0.25) is 0 Å². The smallest absolute Gasteiger partial charge is 0.257 e. The number of aromatic nitrogens is 1. The number of nitrogens with two attached hydrogens (primary N) is 1. The molecule has 11 heteroatoms. The van der Waals surface area contributed by atoms with Gasteiger partial charge >= 0.3 is 0 Å². The molecule has 2 aromatic rings. The number of amides is 3. The maximum Gasteiger partial charge on any atom is 0.257 e. The number of hydrogen-bond donors (Lipinski definition) is 3. The van der Waals surface area contributed by atoms with Crippen LogP contribution in [-0.2, 0) is 25.4 Å². The molecular formula is C32H43N5O5S. The summed E-state index contributed by atoms with van der Waals surface area (Å²) in [6.45, 7) is 7.61. The number of pyridine rings is 1. The van der Waals surface area contributed by atoms with Crippen molar-refractivity contribution in [1.29, 1.82) is 0 Å². The minimum absolute atomic E-state index is 0.0465. The van der Waals surface area contributed by atoms with Crippen LogP contribution in [0.5, 0.6) is 5.88 Å². The molecule has 0 radical (unpaired) electrons. The Hall–Kier alpha value is -3.57. The number of allylic oxidation sites excluding steroid dienone is 1. The number of unbranched alkanes of at least 4 members (excludes halogenated alkanes) is 3. The lowest BCUT2D eigenvalue weighted by atomic mass is 9.96. The summed E-state index contributed by atoms with van der Waals surface area (Å²) in [4.78, 5) is 45.1. The van der Waals surface area contributed by atoms with Gasteiger partial charge < -0.3 is 20.7 Å². The molecule has 2 aliphatic rings. The Bertz CT molecular complexity index is 1390. The second kappa shape index (κ2) is 14.7. The highest BCUT2D eigenvalue weighted by molar-refractivity contribution is 7.84. The third-order valence-electron chi connectivity index (χ3n) is 7.86. The summed E-state index contributed by atoms with van der Waals surface area (Å²) >= 11 is 0. The predicted octanol–water partition coefficient (Wildman–Crippen LogP) is 3.53. The van der Waals surface area contributed by atoms with E-state index in [0.717, 1.165) is 61.4 Å². The molecule has 1 aromatic heterocycles. The van der Waals surface area contributed by atoms with Crippen molar-refractivity contribution in [2.75, 3.05) is 13.1 Å². The van der Waals surface area contributed by atoms with E-state index in [-0.39, 0.29) is 30.5 Å². The molecule has 2 fully saturated rings. The topological polar surface area (TPSA) is 144 Å². The second-order valence-electron chi connectivity index (χ2n) is 11.5. The van der Waals surface area contributed by atoms with Gasteiger partial charge in [-0.3, -0.25) is 19.1 Å². The van der Waals surface area contributed by atoms with Crippen LogP contribution in [0.15, 0.2) is 49.2 Å². The van der Waals surface area contributed by atoms with Crippen molar-refractivity contribution in [2.45, 2.75) is 88.1 Å². The number of fused-ring (bicyclic) bond motifs is 1. The number of ether oxygens (including phenoxy) is 1. The molecule has 1 aliphatic heterocycles. The molecule has 4 N–H and O–H groups in total. The van der Waals surface area contributed by atoms with Crippen LogP contribution in [0.1, 0.15) is 70.8 Å². The van der Waals surface area contributed by atoms with Gasteiger partial charge in [0.15, 0.2) is 0 Å². The summed E-state index contributed by atoms with van der Waals surface area (Å²) in [7, 11) is -1.50. The summed E-state index contributed by atoms with van der Waals surface area (Å²) in [6.07, 6.45) is 13.1. The molecule has 1 saturated carbocycles. The van der Waals surface area contributed by atoms with Crippen LogP contribution in [-0.4, -0.2) is 67.8 Å². The average molecular weight is 610 g/mol. The van der Waals surface area contributed by atoms with Crippen molar-refractivity contribution in [2.24, 2.45) is 5.73 Å². The molecule has 2 heterocycles. The van der Waals surface area contributed by atoms with Crippen LogP contribution in [0, 0.1) is 0 Å². The molecular weight excluding hydrogens is 566 g/mol. The first-order valence-corrected chi connectivity index (χ1v) is 16.2. The molecule has 1 unspecified atom stereocenters. The van der Waals surface area contributed by atoms with Gasteiger partial charge in [-0.05, 0) is 75.1 Å². The lowest BCUT2D eigenvalue weighted by Crippen LogP contribution is -2.60. The zero-order valence-electron chi connectivity index (χ0n) is 25.1. The van der Waals surface area contributed by atoms with E-state index in [4.69, 9.17) is 10.5 Å². The van der Waals surface area contributed by atoms with Gasteiger partial charge in [-0.2, -0.15) is 0 Å². The molecule has 1 saturated heterocycles. The van der Waals surface area contributed by atoms with Crippen molar-refractivity contribution in [3.05, 3.63) is 54.8 Å². The highest BCUT2D eigenvalue weighted by Crippen LogP contribution is 2.30. The SMILES string of the molecule is C=CC[C@@](C)(NC(=O)[C@@H]1C[C@@H](Oc2nccc3ccc(/C=C/CCCCCN)cc23)CN1C(C)=O)C(=O)NS(=O)C1CC1. The maximum absolute atomic E-state index is 13.5. The molecule has 1 aromatic carbocycles. The van der Waals surface area contributed by atoms with E-state index in [1.807, 2.05) is 24.3 Å². The largest absolute Gasteiger partial charge is 0.472 e. The summed E-state index contributed by atoms with van der Waals surface area (Å²) in [5.74, 6) is -0.876. The third kappa shape index (κ3) is 8.51. The van der Waals surface area contributed by atoms with Gasteiger partial charge in [0, 0.05) is 24.9 Å². The number of nitrogens with one attached hydrogen (secondary N) is 2. The Labute approximate surface area is 256 Å². The normalized spacial score (nSPS) is 20.5. The monoisotopic (exact) mass is 609 g/mol. The molecule has 43 heavy (non-hydrogen) atoms. The zero-order valence-corrected chi connectivity index (χ0v) is 25.9. The van der Waals surface area contributed by atoms with Crippen LogP contribution in [0.4, 0.5) is 0 Å². The summed E-state index contributed by atoms with van der Waals surface area (Å²) in [5, 5.41) is 4.57. The standard InChI is InChI=1S/C32H43N5O5S/c1-4-16-32(3,31(40)36-43(41)26-13-14-26)35-29(39)28-20-25(21-37(28)22(2)38)42-30-27-19-23(10-8-6-5-7-9-17-33)11-12-24(27)15-18-34-30/h4,8,10-12,15,18-19,25-26,28H,1,5-7,9,13-14,16-17,20-21,33H2,2-3H3,(H,35,39)(H,36,40)/b10-8+/t25-,28+,32-,43?/m1/s1. The first kappa shape index (κ1) is 32.3. The van der Waals surface area contributed by atoms with Gasteiger partial charge in [-0.1, -0.05) is 36.8 Å². The van der Waals surface area contributed by atoms with Crippen molar-refractivity contribution < 1.29 is 23.3 Å². The zero-order chi connectivity index (χ0) is 31.0. The lowest BCUT2D eigenvalue weighted by Gasteiger charge is -2.31. The Morgan fingerprint density at radius 1 is 1.23 bits per heavy atom. The number of rotatable bonds is 15. The molecule has 3 amide bonds. The minimum Gasteiger partial charge on any atom is -0.472 e. The summed E-state index contributed by atoms with van der Waals surface area (Å²) < 4.78 is 21.2. The fraction of sp³-hybridized carbons (Fsp3) is 0.500. The summed E-state index contributed by atoms with van der Waals surface area (Å²) in [6, 6.07) is 7.16. The fourth-order valence-corrected chi connectivity index (χ4v) is 6.35. The van der Waals surface area contributed by atoms with E-state index < -0.39 is 40.5 Å². The van der Waals surface area contributed by atoms with Crippen molar-refractivity contribution in [1.82, 2.24) is 19.9 Å². The van der Waals surface area contributed by atoms with Gasteiger partial charge in [0.1, 0.15) is 28.7 Å². The molecule has 4 rings (SSSR count). The molecule has 1 aliphatic carbocycles. The minimum atomic E-state index is -1.50. The Morgan fingerprint density at radius 2 is 2.02 bits per heavy atom. The molecule has 0 bridgehead atoms. The van der Waals surface area contributed by atoms with Gasteiger partial charge in [-0.15, -0.1) is 6.58 Å². The molecule has 0 spiro atoms. The van der Waals surface area contributed by atoms with Crippen molar-refractivity contribution in [3.63, 3.8) is 0 Å². The first-order valence-electron chi connectivity index (χ1n) is 15.0. The van der Waals surface area contributed by atoms with E-state index in [1.54, 1.807) is 13.1 Å². The highest BCUT2D eigenvalue weighted by atomic mass is 32.2. The van der Waals surface area contributed by atoms with Crippen molar-refractivity contribution in [3.8, 4) is 5.88 Å². The molecule has 232 valence electrons. The second-order valence-corrected chi connectivity index (χ2v) is 13.0. The van der Waals surface area contributed by atoms with E-state index in [1.165, 1.54) is 17.9 Å². The van der Waals surface area contributed by atoms with Gasteiger partial charge in [0.25, 0.3) is 5.91 Å². The third-order valence-corrected chi connectivity index (χ3v) is 9.32.